The van der Waals surface area contributed by atoms with Crippen LogP contribution in [0.25, 0.3) is 5.57 Å². The molecule has 3 aromatic rings. The summed E-state index contributed by atoms with van der Waals surface area (Å²) < 4.78 is 13.3. The molecule has 1 aliphatic rings. The van der Waals surface area contributed by atoms with Crippen LogP contribution in [0.1, 0.15) is 30.5 Å². The van der Waals surface area contributed by atoms with Gasteiger partial charge < -0.3 is 10.2 Å². The van der Waals surface area contributed by atoms with Gasteiger partial charge >= 0.3 is 0 Å². The van der Waals surface area contributed by atoms with Gasteiger partial charge in [0.25, 0.3) is 11.8 Å². The first-order valence-corrected chi connectivity index (χ1v) is 11.4. The Kier molecular flexibility index (Phi) is 6.77. The predicted molar refractivity (Wildman–Crippen MR) is 134 cm³/mol. The van der Waals surface area contributed by atoms with E-state index in [1.54, 1.807) is 12.1 Å². The van der Waals surface area contributed by atoms with Crippen molar-refractivity contribution in [2.45, 2.75) is 27.3 Å². The largest absolute Gasteiger partial charge is 0.372 e. The second kappa shape index (κ2) is 9.91. The highest BCUT2D eigenvalue weighted by Crippen LogP contribution is 2.32. The van der Waals surface area contributed by atoms with Gasteiger partial charge in [-0.05, 0) is 68.3 Å². The molecule has 0 unspecified atom stereocenters. The third kappa shape index (κ3) is 4.71. The van der Waals surface area contributed by atoms with Gasteiger partial charge in [0.2, 0.25) is 0 Å². The molecule has 2 amide bonds. The SMILES string of the molecule is CCN(CC)c1ccc(NC2=C(c3ccc(C)cc3)C(=O)N(Cc3ccc(F)cc3)C2=O)cc1. The summed E-state index contributed by atoms with van der Waals surface area (Å²) in [5, 5.41) is 3.20. The highest BCUT2D eigenvalue weighted by molar-refractivity contribution is 6.36. The van der Waals surface area contributed by atoms with Crippen molar-refractivity contribution in [3.05, 3.63) is 101 Å². The van der Waals surface area contributed by atoms with E-state index in [0.29, 0.717) is 16.7 Å². The first-order chi connectivity index (χ1) is 16.4. The summed E-state index contributed by atoms with van der Waals surface area (Å²) in [4.78, 5) is 30.3. The van der Waals surface area contributed by atoms with Crippen LogP contribution in [0.5, 0.6) is 0 Å². The van der Waals surface area contributed by atoms with Gasteiger partial charge in [-0.3, -0.25) is 14.5 Å². The van der Waals surface area contributed by atoms with E-state index in [-0.39, 0.29) is 24.0 Å². The zero-order chi connectivity index (χ0) is 24.2. The van der Waals surface area contributed by atoms with Crippen LogP contribution >= 0.6 is 0 Å². The first-order valence-electron chi connectivity index (χ1n) is 11.4. The van der Waals surface area contributed by atoms with Crippen molar-refractivity contribution in [1.82, 2.24) is 4.90 Å². The number of amides is 2. The Morgan fingerprint density at radius 2 is 1.44 bits per heavy atom. The number of hydrogen-bond acceptors (Lipinski definition) is 4. The van der Waals surface area contributed by atoms with Crippen LogP contribution in [-0.4, -0.2) is 29.8 Å². The first kappa shape index (κ1) is 23.2. The van der Waals surface area contributed by atoms with Crippen molar-refractivity contribution in [3.8, 4) is 0 Å². The van der Waals surface area contributed by atoms with E-state index in [4.69, 9.17) is 0 Å². The zero-order valence-corrected chi connectivity index (χ0v) is 19.6. The Labute approximate surface area is 199 Å². The number of imide groups is 1. The Morgan fingerprint density at radius 3 is 2.03 bits per heavy atom. The molecule has 174 valence electrons. The number of hydrogen-bond donors (Lipinski definition) is 1. The Morgan fingerprint density at radius 1 is 0.824 bits per heavy atom. The molecular formula is C28H28FN3O2. The maximum Gasteiger partial charge on any atom is 0.278 e. The summed E-state index contributed by atoms with van der Waals surface area (Å²) in [6.45, 7) is 8.05. The molecule has 6 heteroatoms. The van der Waals surface area contributed by atoms with Gasteiger partial charge in [0, 0.05) is 24.5 Å². The molecule has 0 spiro atoms. The summed E-state index contributed by atoms with van der Waals surface area (Å²) in [6.07, 6.45) is 0. The molecular weight excluding hydrogens is 429 g/mol. The van der Waals surface area contributed by atoms with Crippen molar-refractivity contribution < 1.29 is 14.0 Å². The summed E-state index contributed by atoms with van der Waals surface area (Å²) in [5.74, 6) is -1.14. The smallest absolute Gasteiger partial charge is 0.278 e. The number of halogens is 1. The van der Waals surface area contributed by atoms with Crippen LogP contribution in [0.3, 0.4) is 0 Å². The van der Waals surface area contributed by atoms with E-state index < -0.39 is 5.91 Å². The number of benzene rings is 3. The average Bonchev–Trinajstić information content (AvgIpc) is 3.07. The standard InChI is InChI=1S/C28H28FN3O2/c1-4-31(5-2)24-16-14-23(15-17-24)30-26-25(21-10-6-19(3)7-11-21)27(33)32(28(26)34)18-20-8-12-22(29)13-9-20/h6-17,30H,4-5,18H2,1-3H3. The molecule has 34 heavy (non-hydrogen) atoms. The second-order valence-electron chi connectivity index (χ2n) is 8.28. The predicted octanol–water partition coefficient (Wildman–Crippen LogP) is 5.37. The molecule has 0 saturated heterocycles. The Balaban J connectivity index is 1.68. The van der Waals surface area contributed by atoms with Crippen LogP contribution < -0.4 is 10.2 Å². The minimum atomic E-state index is -0.405. The van der Waals surface area contributed by atoms with Crippen molar-refractivity contribution in [3.63, 3.8) is 0 Å². The van der Waals surface area contributed by atoms with Crippen LogP contribution in [-0.2, 0) is 16.1 Å². The number of nitrogens with zero attached hydrogens (tertiary/aromatic N) is 2. The van der Waals surface area contributed by atoms with Gasteiger partial charge in [-0.25, -0.2) is 4.39 Å². The molecule has 0 atom stereocenters. The number of rotatable bonds is 8. The summed E-state index contributed by atoms with van der Waals surface area (Å²) in [7, 11) is 0. The molecule has 0 aliphatic carbocycles. The normalized spacial score (nSPS) is 13.6. The molecule has 0 bridgehead atoms. The lowest BCUT2D eigenvalue weighted by Crippen LogP contribution is -2.32. The fourth-order valence-electron chi connectivity index (χ4n) is 4.08. The quantitative estimate of drug-likeness (QED) is 0.462. The lowest BCUT2D eigenvalue weighted by molar-refractivity contribution is -0.137. The molecule has 1 heterocycles. The minimum absolute atomic E-state index is 0.0688. The summed E-state index contributed by atoms with van der Waals surface area (Å²) in [6, 6.07) is 21.2. The number of nitrogens with one attached hydrogen (secondary N) is 1. The highest BCUT2D eigenvalue weighted by atomic mass is 19.1. The monoisotopic (exact) mass is 457 g/mol. The van der Waals surface area contributed by atoms with Gasteiger partial charge in [-0.1, -0.05) is 42.0 Å². The van der Waals surface area contributed by atoms with E-state index in [0.717, 1.165) is 30.0 Å². The maximum atomic E-state index is 13.4. The second-order valence-corrected chi connectivity index (χ2v) is 8.28. The molecule has 3 aromatic carbocycles. The van der Waals surface area contributed by atoms with E-state index >= 15 is 0 Å². The number of anilines is 2. The van der Waals surface area contributed by atoms with E-state index in [9.17, 15) is 14.0 Å². The van der Waals surface area contributed by atoms with Crippen LogP contribution in [0.4, 0.5) is 15.8 Å². The number of carbonyl (C=O) groups is 2. The summed E-state index contributed by atoms with van der Waals surface area (Å²) >= 11 is 0. The van der Waals surface area contributed by atoms with Crippen molar-refractivity contribution in [1.29, 1.82) is 0 Å². The van der Waals surface area contributed by atoms with E-state index in [1.165, 1.54) is 17.0 Å². The third-order valence-corrected chi connectivity index (χ3v) is 6.03. The molecule has 0 fully saturated rings. The zero-order valence-electron chi connectivity index (χ0n) is 19.6. The number of aryl methyl sites for hydroxylation is 1. The molecule has 0 saturated carbocycles. The van der Waals surface area contributed by atoms with Crippen LogP contribution in [0.2, 0.25) is 0 Å². The Hall–Kier alpha value is -3.93. The fourth-order valence-corrected chi connectivity index (χ4v) is 4.08. The molecule has 5 nitrogen and oxygen atoms in total. The molecule has 1 N–H and O–H groups in total. The van der Waals surface area contributed by atoms with Crippen molar-refractivity contribution in [2.24, 2.45) is 0 Å². The third-order valence-electron chi connectivity index (χ3n) is 6.03. The fraction of sp³-hybridized carbons (Fsp3) is 0.214. The lowest BCUT2D eigenvalue weighted by Gasteiger charge is -2.21. The maximum absolute atomic E-state index is 13.4. The van der Waals surface area contributed by atoms with Gasteiger partial charge in [-0.2, -0.15) is 0 Å². The Bertz CT molecular complexity index is 1210. The number of carbonyl (C=O) groups excluding carboxylic acids is 2. The van der Waals surface area contributed by atoms with E-state index in [1.807, 2.05) is 55.5 Å². The van der Waals surface area contributed by atoms with Gasteiger partial charge in [0.1, 0.15) is 11.5 Å². The summed E-state index contributed by atoms with van der Waals surface area (Å²) in [5.41, 5.74) is 4.80. The minimum Gasteiger partial charge on any atom is -0.372 e. The molecule has 0 radical (unpaired) electrons. The van der Waals surface area contributed by atoms with Crippen molar-refractivity contribution >= 4 is 28.8 Å². The highest BCUT2D eigenvalue weighted by Gasteiger charge is 2.39. The van der Waals surface area contributed by atoms with Crippen LogP contribution in [0, 0.1) is 12.7 Å². The molecule has 4 rings (SSSR count). The lowest BCUT2D eigenvalue weighted by atomic mass is 10.0. The van der Waals surface area contributed by atoms with E-state index in [2.05, 4.69) is 24.1 Å². The van der Waals surface area contributed by atoms with Gasteiger partial charge in [0.15, 0.2) is 0 Å². The van der Waals surface area contributed by atoms with Crippen molar-refractivity contribution in [2.75, 3.05) is 23.3 Å². The average molecular weight is 458 g/mol. The molecule has 1 aliphatic heterocycles. The van der Waals surface area contributed by atoms with Gasteiger partial charge in [0.05, 0.1) is 12.1 Å². The molecule has 0 aromatic heterocycles. The topological polar surface area (TPSA) is 52.7 Å². The van der Waals surface area contributed by atoms with Crippen LogP contribution in [0.15, 0.2) is 78.5 Å². The van der Waals surface area contributed by atoms with Gasteiger partial charge in [-0.15, -0.1) is 0 Å².